The van der Waals surface area contributed by atoms with Crippen molar-refractivity contribution < 1.29 is 14.3 Å². The van der Waals surface area contributed by atoms with Gasteiger partial charge in [0, 0.05) is 22.3 Å². The molecule has 0 aliphatic rings. The highest BCUT2D eigenvalue weighted by Crippen LogP contribution is 2.28. The minimum atomic E-state index is -0.661. The SMILES string of the molecule is Cc1cc(Br)cc(C)c1OC(C)C(=O)Nc1ccc(NC(=O)CCc2ccccc2)cc1. The first kappa shape index (κ1) is 23.5. The predicted molar refractivity (Wildman–Crippen MR) is 132 cm³/mol. The molecule has 5 nitrogen and oxygen atoms in total. The van der Waals surface area contributed by atoms with Gasteiger partial charge in [0.05, 0.1) is 0 Å². The van der Waals surface area contributed by atoms with Crippen LogP contribution in [-0.4, -0.2) is 17.9 Å². The Kier molecular flexibility index (Phi) is 8.06. The molecule has 1 atom stereocenters. The van der Waals surface area contributed by atoms with Crippen LogP contribution in [0.4, 0.5) is 11.4 Å². The van der Waals surface area contributed by atoms with Gasteiger partial charge in [-0.05, 0) is 80.3 Å². The molecule has 0 saturated carbocycles. The number of hydrogen-bond acceptors (Lipinski definition) is 3. The Hall–Kier alpha value is -3.12. The molecular weight excluding hydrogens is 468 g/mol. The zero-order valence-electron chi connectivity index (χ0n) is 18.4. The van der Waals surface area contributed by atoms with Crippen molar-refractivity contribution in [2.24, 2.45) is 0 Å². The minimum absolute atomic E-state index is 0.0482. The van der Waals surface area contributed by atoms with Crippen LogP contribution in [0.1, 0.15) is 30.0 Å². The van der Waals surface area contributed by atoms with E-state index in [0.29, 0.717) is 30.0 Å². The van der Waals surface area contributed by atoms with E-state index in [4.69, 9.17) is 4.74 Å². The van der Waals surface area contributed by atoms with Gasteiger partial charge in [-0.1, -0.05) is 46.3 Å². The van der Waals surface area contributed by atoms with Crippen LogP contribution in [0, 0.1) is 13.8 Å². The molecule has 0 spiro atoms. The standard InChI is InChI=1S/C26H27BrN2O3/c1-17-15-21(27)16-18(2)25(17)32-19(3)26(31)29-23-12-10-22(11-13-23)28-24(30)14-9-20-7-5-4-6-8-20/h4-8,10-13,15-16,19H,9,14H2,1-3H3,(H,28,30)(H,29,31). The highest BCUT2D eigenvalue weighted by molar-refractivity contribution is 9.10. The Labute approximate surface area is 197 Å². The zero-order chi connectivity index (χ0) is 23.1. The molecule has 0 fully saturated rings. The Morgan fingerprint density at radius 2 is 1.47 bits per heavy atom. The van der Waals surface area contributed by atoms with E-state index in [1.165, 1.54) is 0 Å². The zero-order valence-corrected chi connectivity index (χ0v) is 20.0. The van der Waals surface area contributed by atoms with Crippen molar-refractivity contribution in [2.75, 3.05) is 10.6 Å². The van der Waals surface area contributed by atoms with E-state index in [9.17, 15) is 9.59 Å². The Morgan fingerprint density at radius 1 is 0.906 bits per heavy atom. The molecule has 3 rings (SSSR count). The van der Waals surface area contributed by atoms with E-state index >= 15 is 0 Å². The summed E-state index contributed by atoms with van der Waals surface area (Å²) in [4.78, 5) is 24.8. The summed E-state index contributed by atoms with van der Waals surface area (Å²) in [6.07, 6.45) is 0.438. The molecule has 0 bridgehead atoms. The first-order chi connectivity index (χ1) is 15.3. The number of nitrogens with one attached hydrogen (secondary N) is 2. The number of benzene rings is 3. The maximum Gasteiger partial charge on any atom is 0.265 e. The molecule has 0 heterocycles. The first-order valence-electron chi connectivity index (χ1n) is 10.5. The second-order valence-corrected chi connectivity index (χ2v) is 8.64. The fourth-order valence-corrected chi connectivity index (χ4v) is 4.01. The van der Waals surface area contributed by atoms with Gasteiger partial charge in [0.15, 0.2) is 6.10 Å². The summed E-state index contributed by atoms with van der Waals surface area (Å²) in [5, 5.41) is 5.74. The largest absolute Gasteiger partial charge is 0.480 e. The van der Waals surface area contributed by atoms with Crippen LogP contribution in [0.5, 0.6) is 5.75 Å². The topological polar surface area (TPSA) is 67.4 Å². The lowest BCUT2D eigenvalue weighted by atomic mass is 10.1. The molecule has 0 aliphatic carbocycles. The van der Waals surface area contributed by atoms with Gasteiger partial charge in [0.2, 0.25) is 5.91 Å². The third-order valence-corrected chi connectivity index (χ3v) is 5.47. The Bertz CT molecular complexity index is 1060. The number of carbonyl (C=O) groups excluding carboxylic acids is 2. The molecule has 166 valence electrons. The fraction of sp³-hybridized carbons (Fsp3) is 0.231. The molecule has 32 heavy (non-hydrogen) atoms. The number of anilines is 2. The molecule has 0 aromatic heterocycles. The van der Waals surface area contributed by atoms with Gasteiger partial charge >= 0.3 is 0 Å². The number of amides is 2. The van der Waals surface area contributed by atoms with Crippen molar-refractivity contribution in [1.82, 2.24) is 0 Å². The Morgan fingerprint density at radius 3 is 2.06 bits per heavy atom. The third kappa shape index (κ3) is 6.69. The molecule has 0 aliphatic heterocycles. The van der Waals surface area contributed by atoms with Gasteiger partial charge in [-0.3, -0.25) is 9.59 Å². The number of halogens is 1. The third-order valence-electron chi connectivity index (χ3n) is 5.01. The van der Waals surface area contributed by atoms with Crippen molar-refractivity contribution in [2.45, 2.75) is 39.7 Å². The average molecular weight is 495 g/mol. The van der Waals surface area contributed by atoms with Crippen molar-refractivity contribution >= 4 is 39.1 Å². The normalized spacial score (nSPS) is 11.5. The van der Waals surface area contributed by atoms with Gasteiger partial charge in [-0.2, -0.15) is 0 Å². The molecule has 1 unspecified atom stereocenters. The summed E-state index contributed by atoms with van der Waals surface area (Å²) < 4.78 is 6.89. The summed E-state index contributed by atoms with van der Waals surface area (Å²) in [6.45, 7) is 5.62. The molecule has 6 heteroatoms. The monoisotopic (exact) mass is 494 g/mol. The van der Waals surface area contributed by atoms with Crippen LogP contribution in [0.2, 0.25) is 0 Å². The highest BCUT2D eigenvalue weighted by atomic mass is 79.9. The molecule has 0 saturated heterocycles. The molecular formula is C26H27BrN2O3. The van der Waals surface area contributed by atoms with Gasteiger partial charge < -0.3 is 15.4 Å². The maximum atomic E-state index is 12.6. The maximum absolute atomic E-state index is 12.6. The van der Waals surface area contributed by atoms with Crippen molar-refractivity contribution in [3.8, 4) is 5.75 Å². The van der Waals surface area contributed by atoms with E-state index in [1.807, 2.05) is 56.3 Å². The minimum Gasteiger partial charge on any atom is -0.480 e. The summed E-state index contributed by atoms with van der Waals surface area (Å²) in [5.41, 5.74) is 4.38. The van der Waals surface area contributed by atoms with Gasteiger partial charge in [0.25, 0.3) is 5.91 Å². The van der Waals surface area contributed by atoms with Gasteiger partial charge in [0.1, 0.15) is 5.75 Å². The van der Waals surface area contributed by atoms with Crippen molar-refractivity contribution in [3.05, 3.63) is 87.9 Å². The fourth-order valence-electron chi connectivity index (χ4n) is 3.32. The van der Waals surface area contributed by atoms with Crippen LogP contribution in [0.25, 0.3) is 0 Å². The number of ether oxygens (including phenoxy) is 1. The lowest BCUT2D eigenvalue weighted by Crippen LogP contribution is -2.30. The number of rotatable bonds is 8. The van der Waals surface area contributed by atoms with Crippen molar-refractivity contribution in [3.63, 3.8) is 0 Å². The van der Waals surface area contributed by atoms with Crippen LogP contribution in [-0.2, 0) is 16.0 Å². The number of aryl methyl sites for hydroxylation is 3. The molecule has 3 aromatic carbocycles. The second-order valence-electron chi connectivity index (χ2n) is 7.73. The van der Waals surface area contributed by atoms with E-state index in [2.05, 4.69) is 26.6 Å². The van der Waals surface area contributed by atoms with Gasteiger partial charge in [-0.15, -0.1) is 0 Å². The lowest BCUT2D eigenvalue weighted by molar-refractivity contribution is -0.122. The van der Waals surface area contributed by atoms with Crippen LogP contribution >= 0.6 is 15.9 Å². The molecule has 3 aromatic rings. The van der Waals surface area contributed by atoms with Gasteiger partial charge in [-0.25, -0.2) is 0 Å². The highest BCUT2D eigenvalue weighted by Gasteiger charge is 2.17. The molecule has 2 amide bonds. The van der Waals surface area contributed by atoms with E-state index in [-0.39, 0.29) is 11.8 Å². The number of carbonyl (C=O) groups is 2. The molecule has 2 N–H and O–H groups in total. The second kappa shape index (κ2) is 11.0. The summed E-state index contributed by atoms with van der Waals surface area (Å²) in [5.74, 6) is 0.420. The predicted octanol–water partition coefficient (Wildman–Crippen LogP) is 6.04. The van der Waals surface area contributed by atoms with E-state index in [1.54, 1.807) is 31.2 Å². The first-order valence-corrected chi connectivity index (χ1v) is 11.3. The lowest BCUT2D eigenvalue weighted by Gasteiger charge is -2.18. The molecule has 0 radical (unpaired) electrons. The Balaban J connectivity index is 1.51. The smallest absolute Gasteiger partial charge is 0.265 e. The quantitative estimate of drug-likeness (QED) is 0.400. The van der Waals surface area contributed by atoms with E-state index < -0.39 is 6.10 Å². The summed E-state index contributed by atoms with van der Waals surface area (Å²) >= 11 is 3.47. The van der Waals surface area contributed by atoms with Crippen LogP contribution in [0.3, 0.4) is 0 Å². The summed E-state index contributed by atoms with van der Waals surface area (Å²) in [7, 11) is 0. The van der Waals surface area contributed by atoms with Crippen LogP contribution < -0.4 is 15.4 Å². The number of hydrogen-bond donors (Lipinski definition) is 2. The van der Waals surface area contributed by atoms with E-state index in [0.717, 1.165) is 21.2 Å². The average Bonchev–Trinajstić information content (AvgIpc) is 2.76. The van der Waals surface area contributed by atoms with Crippen LogP contribution in [0.15, 0.2) is 71.2 Å². The van der Waals surface area contributed by atoms with Crippen molar-refractivity contribution in [1.29, 1.82) is 0 Å². The summed E-state index contributed by atoms with van der Waals surface area (Å²) in [6, 6.07) is 20.9.